The number of fused-ring (bicyclic) bond motifs is 1. The molecule has 0 N–H and O–H groups in total. The molecule has 0 bridgehead atoms. The third kappa shape index (κ3) is 3.03. The second kappa shape index (κ2) is 6.98. The Hall–Kier alpha value is -2.96. The number of aromatic nitrogens is 4. The quantitative estimate of drug-likeness (QED) is 0.713. The summed E-state index contributed by atoms with van der Waals surface area (Å²) < 4.78 is 3.14. The monoisotopic (exact) mass is 365 g/mol. The van der Waals surface area contributed by atoms with E-state index in [1.807, 2.05) is 36.1 Å². The van der Waals surface area contributed by atoms with Crippen LogP contribution in [-0.4, -0.2) is 43.2 Å². The summed E-state index contributed by atoms with van der Waals surface area (Å²) >= 11 is 0. The highest BCUT2D eigenvalue weighted by Crippen LogP contribution is 2.28. The predicted molar refractivity (Wildman–Crippen MR) is 103 cm³/mol. The largest absolute Gasteiger partial charge is 0.345 e. The van der Waals surface area contributed by atoms with Crippen molar-refractivity contribution in [3.8, 4) is 0 Å². The van der Waals surface area contributed by atoms with Gasteiger partial charge in [0.1, 0.15) is 5.82 Å². The average molecular weight is 365 g/mol. The number of nitrogens with zero attached hydrogens (tertiary/aromatic N) is 5. The van der Waals surface area contributed by atoms with Crippen LogP contribution in [0.2, 0.25) is 0 Å². The zero-order valence-electron chi connectivity index (χ0n) is 15.6. The van der Waals surface area contributed by atoms with Crippen LogP contribution in [-0.2, 0) is 13.6 Å². The smallest absolute Gasteiger partial charge is 0.339 e. The number of piperidine rings is 1. The van der Waals surface area contributed by atoms with E-state index in [0.717, 1.165) is 35.0 Å². The normalized spacial score (nSPS) is 15.4. The van der Waals surface area contributed by atoms with Gasteiger partial charge in [0.2, 0.25) is 0 Å². The lowest BCUT2D eigenvalue weighted by Crippen LogP contribution is -2.38. The van der Waals surface area contributed by atoms with Crippen molar-refractivity contribution in [2.45, 2.75) is 32.2 Å². The van der Waals surface area contributed by atoms with Crippen molar-refractivity contribution in [3.63, 3.8) is 0 Å². The second-order valence-electron chi connectivity index (χ2n) is 6.98. The maximum atomic E-state index is 13.1. The SMILES string of the molecule is CCn1c(C2CCN(C(=O)c3cccc4cnccc34)CC2)nn(C)c1=O. The van der Waals surface area contributed by atoms with Gasteiger partial charge in [-0.25, -0.2) is 9.48 Å². The fourth-order valence-corrected chi connectivity index (χ4v) is 3.94. The molecule has 3 aromatic rings. The molecule has 7 heteroatoms. The van der Waals surface area contributed by atoms with Crippen molar-refractivity contribution in [1.82, 2.24) is 24.2 Å². The minimum atomic E-state index is -0.0737. The van der Waals surface area contributed by atoms with E-state index in [2.05, 4.69) is 10.1 Å². The van der Waals surface area contributed by atoms with Gasteiger partial charge in [-0.15, -0.1) is 0 Å². The minimum absolute atomic E-state index is 0.0548. The van der Waals surface area contributed by atoms with E-state index >= 15 is 0 Å². The van der Waals surface area contributed by atoms with Gasteiger partial charge >= 0.3 is 5.69 Å². The molecule has 0 saturated carbocycles. The second-order valence-corrected chi connectivity index (χ2v) is 6.98. The lowest BCUT2D eigenvalue weighted by Gasteiger charge is -2.31. The van der Waals surface area contributed by atoms with Gasteiger partial charge in [0.25, 0.3) is 5.91 Å². The van der Waals surface area contributed by atoms with Crippen LogP contribution in [0.3, 0.4) is 0 Å². The van der Waals surface area contributed by atoms with Gasteiger partial charge in [-0.05, 0) is 37.3 Å². The van der Waals surface area contributed by atoms with Crippen molar-refractivity contribution >= 4 is 16.7 Å². The summed E-state index contributed by atoms with van der Waals surface area (Å²) in [6.07, 6.45) is 5.13. The molecule has 1 aliphatic heterocycles. The summed E-state index contributed by atoms with van der Waals surface area (Å²) in [5.74, 6) is 1.10. The van der Waals surface area contributed by atoms with Crippen LogP contribution in [0.5, 0.6) is 0 Å². The molecule has 27 heavy (non-hydrogen) atoms. The first-order valence-corrected chi connectivity index (χ1v) is 9.36. The van der Waals surface area contributed by atoms with Crippen LogP contribution in [0.25, 0.3) is 10.8 Å². The molecule has 3 heterocycles. The first-order valence-electron chi connectivity index (χ1n) is 9.36. The molecule has 4 rings (SSSR count). The molecule has 0 radical (unpaired) electrons. The third-order valence-electron chi connectivity index (χ3n) is 5.41. The Morgan fingerprint density at radius 2 is 2.00 bits per heavy atom. The molecule has 1 aliphatic rings. The highest BCUT2D eigenvalue weighted by Gasteiger charge is 2.28. The minimum Gasteiger partial charge on any atom is -0.339 e. The molecule has 1 aromatic carbocycles. The van der Waals surface area contributed by atoms with Crippen molar-refractivity contribution in [1.29, 1.82) is 0 Å². The number of carbonyl (C=O) groups is 1. The molecular formula is C20H23N5O2. The highest BCUT2D eigenvalue weighted by atomic mass is 16.2. The fourth-order valence-electron chi connectivity index (χ4n) is 3.94. The number of benzene rings is 1. The zero-order valence-corrected chi connectivity index (χ0v) is 15.6. The van der Waals surface area contributed by atoms with Crippen LogP contribution in [0.1, 0.15) is 41.9 Å². The molecule has 140 valence electrons. The van der Waals surface area contributed by atoms with Crippen molar-refractivity contribution in [2.75, 3.05) is 13.1 Å². The lowest BCUT2D eigenvalue weighted by atomic mass is 9.95. The van der Waals surface area contributed by atoms with Crippen LogP contribution in [0.15, 0.2) is 41.5 Å². The number of rotatable bonds is 3. The number of likely N-dealkylation sites (tertiary alicyclic amines) is 1. The number of hydrogen-bond donors (Lipinski definition) is 0. The van der Waals surface area contributed by atoms with Crippen LogP contribution < -0.4 is 5.69 Å². The Morgan fingerprint density at radius 3 is 2.74 bits per heavy atom. The van der Waals surface area contributed by atoms with E-state index in [4.69, 9.17) is 0 Å². The van der Waals surface area contributed by atoms with E-state index in [0.29, 0.717) is 19.6 Å². The van der Waals surface area contributed by atoms with E-state index in [1.54, 1.807) is 24.0 Å². The molecule has 1 amide bonds. The Kier molecular flexibility index (Phi) is 4.51. The molecule has 0 unspecified atom stereocenters. The van der Waals surface area contributed by atoms with Gasteiger partial charge in [-0.3, -0.25) is 14.3 Å². The number of aryl methyl sites for hydroxylation is 1. The number of hydrogen-bond acceptors (Lipinski definition) is 4. The molecule has 0 atom stereocenters. The Bertz CT molecular complexity index is 1040. The van der Waals surface area contributed by atoms with Gasteiger partial charge < -0.3 is 4.90 Å². The summed E-state index contributed by atoms with van der Waals surface area (Å²) in [6, 6.07) is 7.64. The third-order valence-corrected chi connectivity index (χ3v) is 5.41. The molecule has 7 nitrogen and oxygen atoms in total. The Balaban J connectivity index is 1.53. The maximum absolute atomic E-state index is 13.1. The van der Waals surface area contributed by atoms with Crippen molar-refractivity contribution in [2.24, 2.45) is 7.05 Å². The summed E-state index contributed by atoms with van der Waals surface area (Å²) in [4.78, 5) is 31.2. The first-order chi connectivity index (χ1) is 13.1. The molecule has 1 fully saturated rings. The summed E-state index contributed by atoms with van der Waals surface area (Å²) in [5, 5.41) is 6.34. The van der Waals surface area contributed by atoms with Crippen LogP contribution in [0.4, 0.5) is 0 Å². The molecule has 0 spiro atoms. The summed E-state index contributed by atoms with van der Waals surface area (Å²) in [5.41, 5.74) is 0.645. The Morgan fingerprint density at radius 1 is 1.22 bits per heavy atom. The zero-order chi connectivity index (χ0) is 19.0. The van der Waals surface area contributed by atoms with E-state index in [9.17, 15) is 9.59 Å². The first kappa shape index (κ1) is 17.5. The maximum Gasteiger partial charge on any atom is 0.345 e. The summed E-state index contributed by atoms with van der Waals surface area (Å²) in [7, 11) is 1.69. The number of pyridine rings is 1. The van der Waals surface area contributed by atoms with Gasteiger partial charge in [0.15, 0.2) is 0 Å². The number of amides is 1. The van der Waals surface area contributed by atoms with Gasteiger partial charge in [-0.1, -0.05) is 12.1 Å². The fraction of sp³-hybridized carbons (Fsp3) is 0.400. The van der Waals surface area contributed by atoms with Crippen molar-refractivity contribution < 1.29 is 4.79 Å². The highest BCUT2D eigenvalue weighted by molar-refractivity contribution is 6.06. The van der Waals surface area contributed by atoms with Gasteiger partial charge in [-0.2, -0.15) is 5.10 Å². The molecule has 2 aromatic heterocycles. The molecule has 0 aliphatic carbocycles. The molecule has 1 saturated heterocycles. The van der Waals surface area contributed by atoms with Gasteiger partial charge in [0, 0.05) is 55.9 Å². The van der Waals surface area contributed by atoms with E-state index in [1.165, 1.54) is 4.68 Å². The lowest BCUT2D eigenvalue weighted by molar-refractivity contribution is 0.0712. The van der Waals surface area contributed by atoms with E-state index in [-0.39, 0.29) is 17.5 Å². The van der Waals surface area contributed by atoms with Crippen LogP contribution >= 0.6 is 0 Å². The standard InChI is InChI=1S/C20H23N5O2/c1-3-25-18(22-23(2)20(25)27)14-8-11-24(12-9-14)19(26)17-6-4-5-15-13-21-10-7-16(15)17/h4-7,10,13-14H,3,8-9,11-12H2,1-2H3. The van der Waals surface area contributed by atoms with Gasteiger partial charge in [0.05, 0.1) is 0 Å². The molecular weight excluding hydrogens is 342 g/mol. The number of carbonyl (C=O) groups excluding carboxylic acids is 1. The Labute approximate surface area is 157 Å². The summed E-state index contributed by atoms with van der Waals surface area (Å²) in [6.45, 7) is 3.91. The topological polar surface area (TPSA) is 73.0 Å². The van der Waals surface area contributed by atoms with Crippen LogP contribution in [0, 0.1) is 0 Å². The van der Waals surface area contributed by atoms with Crippen molar-refractivity contribution in [3.05, 3.63) is 58.5 Å². The predicted octanol–water partition coefficient (Wildman–Crippen LogP) is 2.17. The average Bonchev–Trinajstić information content (AvgIpc) is 3.01. The van der Waals surface area contributed by atoms with E-state index < -0.39 is 0 Å².